The zero-order valence-corrected chi connectivity index (χ0v) is 15.2. The molecule has 0 amide bonds. The molecule has 152 valence electrons. The Morgan fingerprint density at radius 2 is 1.93 bits per heavy atom. The molecule has 2 unspecified atom stereocenters. The van der Waals surface area contributed by atoms with Crippen molar-refractivity contribution in [1.29, 1.82) is 0 Å². The lowest BCUT2D eigenvalue weighted by atomic mass is 10.1. The normalized spacial score (nSPS) is 20.1. The van der Waals surface area contributed by atoms with Crippen molar-refractivity contribution in [2.75, 3.05) is 6.54 Å². The van der Waals surface area contributed by atoms with E-state index in [4.69, 9.17) is 4.52 Å². The van der Waals surface area contributed by atoms with Crippen LogP contribution < -0.4 is 4.74 Å². The highest BCUT2D eigenvalue weighted by molar-refractivity contribution is 5.53. The van der Waals surface area contributed by atoms with Crippen molar-refractivity contribution >= 4 is 0 Å². The summed E-state index contributed by atoms with van der Waals surface area (Å²) in [6.07, 6.45) is -4.95. The van der Waals surface area contributed by atoms with Crippen LogP contribution >= 0.6 is 0 Å². The molecule has 0 radical (unpaired) electrons. The van der Waals surface area contributed by atoms with Gasteiger partial charge < -0.3 is 14.4 Å². The number of nitrogens with zero attached hydrogens (tertiary/aromatic N) is 3. The second kappa shape index (κ2) is 7.84. The van der Waals surface area contributed by atoms with Crippen molar-refractivity contribution in [3.8, 4) is 17.1 Å². The number of hydrogen-bond acceptors (Lipinski definition) is 6. The van der Waals surface area contributed by atoms with Crippen LogP contribution in [0.5, 0.6) is 5.75 Å². The SMILES string of the molecule is OC1CC(c2nc(-c3ccccc3)no2)N(Cc2cccc(OC(F)(F)F)c2)C1. The van der Waals surface area contributed by atoms with E-state index in [2.05, 4.69) is 14.9 Å². The monoisotopic (exact) mass is 405 g/mol. The van der Waals surface area contributed by atoms with Gasteiger partial charge in [0.2, 0.25) is 11.7 Å². The molecule has 2 atom stereocenters. The maximum Gasteiger partial charge on any atom is 0.573 e. The molecule has 1 aliphatic heterocycles. The van der Waals surface area contributed by atoms with Crippen molar-refractivity contribution in [1.82, 2.24) is 15.0 Å². The Kier molecular flexibility index (Phi) is 5.25. The van der Waals surface area contributed by atoms with Crippen molar-refractivity contribution in [3.05, 3.63) is 66.1 Å². The minimum atomic E-state index is -4.75. The first-order valence-corrected chi connectivity index (χ1v) is 9.03. The summed E-state index contributed by atoms with van der Waals surface area (Å²) in [6, 6.07) is 14.8. The van der Waals surface area contributed by atoms with E-state index in [0.29, 0.717) is 36.8 Å². The third-order valence-corrected chi connectivity index (χ3v) is 4.66. The first-order chi connectivity index (χ1) is 13.9. The average Bonchev–Trinajstić information content (AvgIpc) is 3.28. The molecule has 0 aliphatic carbocycles. The van der Waals surface area contributed by atoms with E-state index >= 15 is 0 Å². The van der Waals surface area contributed by atoms with Crippen LogP contribution in [0, 0.1) is 0 Å². The number of aromatic nitrogens is 2. The van der Waals surface area contributed by atoms with Gasteiger partial charge in [0.1, 0.15) is 5.75 Å². The molecule has 1 saturated heterocycles. The van der Waals surface area contributed by atoms with E-state index < -0.39 is 12.5 Å². The molecule has 3 aromatic rings. The van der Waals surface area contributed by atoms with Crippen LogP contribution in [0.15, 0.2) is 59.1 Å². The van der Waals surface area contributed by atoms with E-state index in [1.165, 1.54) is 18.2 Å². The van der Waals surface area contributed by atoms with Crippen LogP contribution in [0.4, 0.5) is 13.2 Å². The molecule has 29 heavy (non-hydrogen) atoms. The number of rotatable bonds is 5. The standard InChI is InChI=1S/C20H18F3N3O3/c21-20(22,23)28-16-8-4-5-13(9-16)11-26-12-15(27)10-17(26)19-24-18(25-29-19)14-6-2-1-3-7-14/h1-9,15,17,27H,10-12H2. The lowest BCUT2D eigenvalue weighted by Gasteiger charge is -2.21. The minimum Gasteiger partial charge on any atom is -0.406 e. The summed E-state index contributed by atoms with van der Waals surface area (Å²) in [5.74, 6) is 0.529. The quantitative estimate of drug-likeness (QED) is 0.693. The van der Waals surface area contributed by atoms with Gasteiger partial charge in [-0.25, -0.2) is 0 Å². The molecule has 1 fully saturated rings. The molecule has 2 aromatic carbocycles. The summed E-state index contributed by atoms with van der Waals surface area (Å²) >= 11 is 0. The minimum absolute atomic E-state index is 0.282. The van der Waals surface area contributed by atoms with Gasteiger partial charge in [0.25, 0.3) is 0 Å². The third-order valence-electron chi connectivity index (χ3n) is 4.66. The molecule has 2 heterocycles. The Morgan fingerprint density at radius 1 is 1.14 bits per heavy atom. The third kappa shape index (κ3) is 4.75. The molecule has 0 spiro atoms. The summed E-state index contributed by atoms with van der Waals surface area (Å²) in [4.78, 5) is 6.35. The number of aliphatic hydroxyl groups is 1. The molecular formula is C20H18F3N3O3. The summed E-state index contributed by atoms with van der Waals surface area (Å²) in [5.41, 5.74) is 1.43. The van der Waals surface area contributed by atoms with E-state index in [9.17, 15) is 18.3 Å². The number of likely N-dealkylation sites (tertiary alicyclic amines) is 1. The second-order valence-electron chi connectivity index (χ2n) is 6.85. The van der Waals surface area contributed by atoms with Crippen LogP contribution in [-0.4, -0.2) is 39.2 Å². The molecule has 9 heteroatoms. The Labute approximate surface area is 164 Å². The van der Waals surface area contributed by atoms with Gasteiger partial charge in [0.15, 0.2) is 0 Å². The van der Waals surface area contributed by atoms with Crippen LogP contribution in [0.2, 0.25) is 0 Å². The van der Waals surface area contributed by atoms with E-state index in [1.807, 2.05) is 35.2 Å². The van der Waals surface area contributed by atoms with Gasteiger partial charge in [-0.3, -0.25) is 4.90 Å². The maximum atomic E-state index is 12.5. The molecule has 1 aliphatic rings. The van der Waals surface area contributed by atoms with Crippen molar-refractivity contribution in [2.24, 2.45) is 0 Å². The summed E-state index contributed by atoms with van der Waals surface area (Å²) in [6.45, 7) is 0.651. The van der Waals surface area contributed by atoms with Gasteiger partial charge >= 0.3 is 6.36 Å². The van der Waals surface area contributed by atoms with Crippen molar-refractivity contribution in [2.45, 2.75) is 31.5 Å². The number of aliphatic hydroxyl groups excluding tert-OH is 1. The highest BCUT2D eigenvalue weighted by Gasteiger charge is 2.36. The lowest BCUT2D eigenvalue weighted by Crippen LogP contribution is -2.24. The topological polar surface area (TPSA) is 71.6 Å². The number of benzene rings is 2. The average molecular weight is 405 g/mol. The fraction of sp³-hybridized carbons (Fsp3) is 0.300. The van der Waals surface area contributed by atoms with Gasteiger partial charge in [-0.2, -0.15) is 4.98 Å². The van der Waals surface area contributed by atoms with Crippen LogP contribution in [0.1, 0.15) is 23.9 Å². The molecule has 1 aromatic heterocycles. The molecule has 1 N–H and O–H groups in total. The number of halogens is 3. The summed E-state index contributed by atoms with van der Waals surface area (Å²) < 4.78 is 46.8. The van der Waals surface area contributed by atoms with Crippen LogP contribution in [0.25, 0.3) is 11.4 Å². The lowest BCUT2D eigenvalue weighted by molar-refractivity contribution is -0.274. The van der Waals surface area contributed by atoms with E-state index in [1.54, 1.807) is 6.07 Å². The Balaban J connectivity index is 1.52. The zero-order chi connectivity index (χ0) is 20.4. The second-order valence-corrected chi connectivity index (χ2v) is 6.85. The highest BCUT2D eigenvalue weighted by atomic mass is 19.4. The Hall–Kier alpha value is -2.91. The largest absolute Gasteiger partial charge is 0.573 e. The maximum absolute atomic E-state index is 12.5. The smallest absolute Gasteiger partial charge is 0.406 e. The highest BCUT2D eigenvalue weighted by Crippen LogP contribution is 2.34. The number of ether oxygens (including phenoxy) is 1. The molecule has 4 rings (SSSR count). The van der Waals surface area contributed by atoms with E-state index in [-0.39, 0.29) is 11.8 Å². The molecular weight excluding hydrogens is 387 g/mol. The van der Waals surface area contributed by atoms with Crippen molar-refractivity contribution in [3.63, 3.8) is 0 Å². The van der Waals surface area contributed by atoms with Gasteiger partial charge in [-0.1, -0.05) is 47.6 Å². The van der Waals surface area contributed by atoms with Gasteiger partial charge in [-0.15, -0.1) is 13.2 Å². The number of hydrogen-bond donors (Lipinski definition) is 1. The fourth-order valence-corrected chi connectivity index (χ4v) is 3.46. The number of alkyl halides is 3. The predicted octanol–water partition coefficient (Wildman–Crippen LogP) is 3.94. The Bertz CT molecular complexity index is 962. The number of β-amino-alcohol motifs (C(OH)–C–C–N with tert-alkyl or cyclic N) is 1. The van der Waals surface area contributed by atoms with Crippen molar-refractivity contribution < 1.29 is 27.5 Å². The van der Waals surface area contributed by atoms with Gasteiger partial charge in [-0.05, 0) is 24.1 Å². The molecule has 0 saturated carbocycles. The van der Waals surface area contributed by atoms with E-state index in [0.717, 1.165) is 5.56 Å². The Morgan fingerprint density at radius 3 is 2.69 bits per heavy atom. The molecule has 6 nitrogen and oxygen atoms in total. The van der Waals surface area contributed by atoms with Gasteiger partial charge in [0.05, 0.1) is 12.1 Å². The fourth-order valence-electron chi connectivity index (χ4n) is 3.46. The first-order valence-electron chi connectivity index (χ1n) is 9.03. The van der Waals surface area contributed by atoms with Crippen LogP contribution in [0.3, 0.4) is 0 Å². The zero-order valence-electron chi connectivity index (χ0n) is 15.2. The first kappa shape index (κ1) is 19.4. The summed E-state index contributed by atoms with van der Waals surface area (Å²) in [7, 11) is 0. The van der Waals surface area contributed by atoms with Crippen LogP contribution in [-0.2, 0) is 6.54 Å². The predicted molar refractivity (Wildman–Crippen MR) is 96.6 cm³/mol. The molecule has 0 bridgehead atoms. The summed E-state index contributed by atoms with van der Waals surface area (Å²) in [5, 5.41) is 14.1. The van der Waals surface area contributed by atoms with Gasteiger partial charge in [0, 0.05) is 18.7 Å².